The number of nitrogens with one attached hydrogen (secondary N) is 2. The first-order chi connectivity index (χ1) is 10.5. The first-order valence-corrected chi connectivity index (χ1v) is 6.93. The summed E-state index contributed by atoms with van der Waals surface area (Å²) in [5, 5.41) is 22.4. The molecule has 0 saturated heterocycles. The molecule has 0 spiro atoms. The van der Waals surface area contributed by atoms with Gasteiger partial charge in [-0.2, -0.15) is 10.5 Å². The van der Waals surface area contributed by atoms with Gasteiger partial charge in [-0.25, -0.2) is 0 Å². The molecule has 0 aliphatic carbocycles. The van der Waals surface area contributed by atoms with Crippen LogP contribution in [0.25, 0.3) is 0 Å². The first kappa shape index (κ1) is 17.2. The van der Waals surface area contributed by atoms with Crippen LogP contribution >= 0.6 is 0 Å². The van der Waals surface area contributed by atoms with Crippen LogP contribution in [0.4, 0.5) is 0 Å². The average Bonchev–Trinajstić information content (AvgIpc) is 2.51. The van der Waals surface area contributed by atoms with Gasteiger partial charge in [0.05, 0.1) is 17.7 Å². The lowest BCUT2D eigenvalue weighted by molar-refractivity contribution is -0.123. The first-order valence-electron chi connectivity index (χ1n) is 6.93. The van der Waals surface area contributed by atoms with E-state index in [1.165, 1.54) is 12.1 Å². The van der Waals surface area contributed by atoms with E-state index in [9.17, 15) is 9.59 Å². The zero-order valence-corrected chi connectivity index (χ0v) is 12.6. The van der Waals surface area contributed by atoms with Crippen LogP contribution in [0.3, 0.4) is 0 Å². The van der Waals surface area contributed by atoms with E-state index in [1.807, 2.05) is 26.0 Å². The minimum atomic E-state index is -0.698. The van der Waals surface area contributed by atoms with Gasteiger partial charge in [-0.05, 0) is 36.6 Å². The predicted molar refractivity (Wildman–Crippen MR) is 80.5 cm³/mol. The van der Waals surface area contributed by atoms with Gasteiger partial charge in [0.25, 0.3) is 5.91 Å². The maximum Gasteiger partial charge on any atom is 0.251 e. The van der Waals surface area contributed by atoms with Gasteiger partial charge in [0.2, 0.25) is 5.91 Å². The fraction of sp³-hybridized carbons (Fsp3) is 0.375. The molecule has 1 rings (SSSR count). The summed E-state index contributed by atoms with van der Waals surface area (Å²) in [4.78, 5) is 24.2. The van der Waals surface area contributed by atoms with Crippen molar-refractivity contribution >= 4 is 11.8 Å². The number of nitrogens with zero attached hydrogens (tertiary/aromatic N) is 2. The van der Waals surface area contributed by atoms with Crippen molar-refractivity contribution in [3.8, 4) is 12.1 Å². The SMILES string of the molecule is CC(C)C[C@H](NC(=O)c1ccc(C#N)cc1)C(=O)NCC#N. The molecule has 0 aliphatic rings. The summed E-state index contributed by atoms with van der Waals surface area (Å²) in [6.45, 7) is 3.79. The zero-order valence-electron chi connectivity index (χ0n) is 12.6. The van der Waals surface area contributed by atoms with Crippen LogP contribution in [-0.2, 0) is 4.79 Å². The van der Waals surface area contributed by atoms with E-state index < -0.39 is 6.04 Å². The maximum absolute atomic E-state index is 12.2. The lowest BCUT2D eigenvalue weighted by atomic mass is 10.0. The van der Waals surface area contributed by atoms with Crippen LogP contribution < -0.4 is 10.6 Å². The van der Waals surface area contributed by atoms with Crippen molar-refractivity contribution in [1.82, 2.24) is 10.6 Å². The van der Waals surface area contributed by atoms with Crippen molar-refractivity contribution in [1.29, 1.82) is 10.5 Å². The van der Waals surface area contributed by atoms with Gasteiger partial charge in [-0.3, -0.25) is 9.59 Å². The van der Waals surface area contributed by atoms with Crippen LogP contribution in [0.1, 0.15) is 36.2 Å². The molecular formula is C16H18N4O2. The molecule has 114 valence electrons. The number of amides is 2. The number of rotatable bonds is 6. The Morgan fingerprint density at radius 1 is 1.18 bits per heavy atom. The Bertz CT molecular complexity index is 609. The second-order valence-electron chi connectivity index (χ2n) is 5.22. The Hall–Kier alpha value is -2.86. The number of carbonyl (C=O) groups excluding carboxylic acids is 2. The molecule has 1 aromatic carbocycles. The molecular weight excluding hydrogens is 280 g/mol. The summed E-state index contributed by atoms with van der Waals surface area (Å²) < 4.78 is 0. The van der Waals surface area contributed by atoms with Gasteiger partial charge in [-0.15, -0.1) is 0 Å². The molecule has 1 aromatic rings. The van der Waals surface area contributed by atoms with Crippen LogP contribution in [0, 0.1) is 28.6 Å². The molecule has 0 unspecified atom stereocenters. The molecule has 22 heavy (non-hydrogen) atoms. The van der Waals surface area contributed by atoms with E-state index in [0.717, 1.165) is 0 Å². The van der Waals surface area contributed by atoms with Crippen molar-refractivity contribution < 1.29 is 9.59 Å². The highest BCUT2D eigenvalue weighted by atomic mass is 16.2. The van der Waals surface area contributed by atoms with Crippen LogP contribution in [-0.4, -0.2) is 24.4 Å². The number of hydrogen-bond donors (Lipinski definition) is 2. The van der Waals surface area contributed by atoms with Crippen molar-refractivity contribution in [3.63, 3.8) is 0 Å². The molecule has 0 saturated carbocycles. The van der Waals surface area contributed by atoms with E-state index in [0.29, 0.717) is 17.5 Å². The molecule has 6 heteroatoms. The van der Waals surface area contributed by atoms with E-state index in [4.69, 9.17) is 10.5 Å². The molecule has 0 aliphatic heterocycles. The third-order valence-corrected chi connectivity index (χ3v) is 2.95. The topological polar surface area (TPSA) is 106 Å². The van der Waals surface area contributed by atoms with Crippen LogP contribution in [0.2, 0.25) is 0 Å². The zero-order chi connectivity index (χ0) is 16.5. The smallest absolute Gasteiger partial charge is 0.251 e. The highest BCUT2D eigenvalue weighted by Gasteiger charge is 2.22. The maximum atomic E-state index is 12.2. The normalized spacial score (nSPS) is 11.1. The predicted octanol–water partition coefficient (Wildman–Crippen LogP) is 1.34. The molecule has 0 bridgehead atoms. The van der Waals surface area contributed by atoms with E-state index in [2.05, 4.69) is 10.6 Å². The summed E-state index contributed by atoms with van der Waals surface area (Å²) in [6, 6.07) is 9.26. The van der Waals surface area contributed by atoms with E-state index >= 15 is 0 Å². The molecule has 0 radical (unpaired) electrons. The van der Waals surface area contributed by atoms with Crippen molar-refractivity contribution in [3.05, 3.63) is 35.4 Å². The third-order valence-electron chi connectivity index (χ3n) is 2.95. The fourth-order valence-electron chi connectivity index (χ4n) is 1.89. The minimum Gasteiger partial charge on any atom is -0.341 e. The summed E-state index contributed by atoms with van der Waals surface area (Å²) in [5.74, 6) is -0.557. The Morgan fingerprint density at radius 3 is 2.32 bits per heavy atom. The van der Waals surface area contributed by atoms with Gasteiger partial charge in [0.15, 0.2) is 0 Å². The second-order valence-corrected chi connectivity index (χ2v) is 5.22. The summed E-state index contributed by atoms with van der Waals surface area (Å²) in [6.07, 6.45) is 0.472. The standard InChI is InChI=1S/C16H18N4O2/c1-11(2)9-14(16(22)19-8-7-17)20-15(21)13-5-3-12(10-18)4-6-13/h3-6,11,14H,8-9H2,1-2H3,(H,19,22)(H,20,21)/t14-/m0/s1. The minimum absolute atomic E-state index is 0.0971. The highest BCUT2D eigenvalue weighted by Crippen LogP contribution is 2.08. The van der Waals surface area contributed by atoms with Gasteiger partial charge in [0.1, 0.15) is 12.6 Å². The molecule has 1 atom stereocenters. The van der Waals surface area contributed by atoms with Crippen molar-refractivity contribution in [2.24, 2.45) is 5.92 Å². The third kappa shape index (κ3) is 5.26. The Morgan fingerprint density at radius 2 is 1.82 bits per heavy atom. The van der Waals surface area contributed by atoms with E-state index in [1.54, 1.807) is 12.1 Å². The number of nitriles is 2. The summed E-state index contributed by atoms with van der Waals surface area (Å²) in [7, 11) is 0. The summed E-state index contributed by atoms with van der Waals surface area (Å²) in [5.41, 5.74) is 0.836. The second kappa shape index (κ2) is 8.43. The molecule has 0 heterocycles. The quantitative estimate of drug-likeness (QED) is 0.773. The Balaban J connectivity index is 2.79. The highest BCUT2D eigenvalue weighted by molar-refractivity contribution is 5.97. The number of hydrogen-bond acceptors (Lipinski definition) is 4. The van der Waals surface area contributed by atoms with Gasteiger partial charge in [-0.1, -0.05) is 13.8 Å². The molecule has 0 fully saturated rings. The van der Waals surface area contributed by atoms with Crippen LogP contribution in [0.5, 0.6) is 0 Å². The molecule has 0 aromatic heterocycles. The van der Waals surface area contributed by atoms with Crippen molar-refractivity contribution in [2.45, 2.75) is 26.3 Å². The lowest BCUT2D eigenvalue weighted by Crippen LogP contribution is -2.47. The van der Waals surface area contributed by atoms with Crippen molar-refractivity contribution in [2.75, 3.05) is 6.54 Å². The number of benzene rings is 1. The lowest BCUT2D eigenvalue weighted by Gasteiger charge is -2.19. The number of carbonyl (C=O) groups is 2. The average molecular weight is 298 g/mol. The monoisotopic (exact) mass is 298 g/mol. The summed E-state index contributed by atoms with van der Waals surface area (Å²) >= 11 is 0. The largest absolute Gasteiger partial charge is 0.341 e. The Labute approximate surface area is 129 Å². The molecule has 6 nitrogen and oxygen atoms in total. The van der Waals surface area contributed by atoms with Crippen LogP contribution in [0.15, 0.2) is 24.3 Å². The fourth-order valence-corrected chi connectivity index (χ4v) is 1.89. The molecule has 2 N–H and O–H groups in total. The Kier molecular flexibility index (Phi) is 6.59. The van der Waals surface area contributed by atoms with E-state index in [-0.39, 0.29) is 24.3 Å². The van der Waals surface area contributed by atoms with Gasteiger partial charge in [0, 0.05) is 5.56 Å². The van der Waals surface area contributed by atoms with Gasteiger partial charge >= 0.3 is 0 Å². The molecule has 2 amide bonds. The van der Waals surface area contributed by atoms with Gasteiger partial charge < -0.3 is 10.6 Å².